The Kier molecular flexibility index (Phi) is 5.51. The molecule has 0 saturated heterocycles. The Labute approximate surface area is 270 Å². The van der Waals surface area contributed by atoms with Crippen molar-refractivity contribution < 1.29 is 13.9 Å². The predicted octanol–water partition coefficient (Wildman–Crippen LogP) is 12.1. The first-order chi connectivity index (χ1) is 23.3. The summed E-state index contributed by atoms with van der Waals surface area (Å²) in [6.07, 6.45) is 0. The Morgan fingerprint density at radius 1 is 0.383 bits per heavy atom. The molecule has 1 aliphatic heterocycles. The minimum Gasteiger partial charge on any atom is -0.456 e. The van der Waals surface area contributed by atoms with E-state index in [0.29, 0.717) is 23.0 Å². The summed E-state index contributed by atoms with van der Waals surface area (Å²) in [7, 11) is 0. The van der Waals surface area contributed by atoms with Gasteiger partial charge in [0.25, 0.3) is 0 Å². The summed E-state index contributed by atoms with van der Waals surface area (Å²) in [6, 6.07) is 54.3. The number of rotatable bonds is 4. The molecule has 0 amide bonds. The highest BCUT2D eigenvalue weighted by molar-refractivity contribution is 6.11. The van der Waals surface area contributed by atoms with Gasteiger partial charge in [0.15, 0.2) is 23.0 Å². The smallest absolute Gasteiger partial charge is 0.172 e. The van der Waals surface area contributed by atoms with E-state index in [2.05, 4.69) is 125 Å². The summed E-state index contributed by atoms with van der Waals surface area (Å²) >= 11 is 0. The lowest BCUT2D eigenvalue weighted by Gasteiger charge is -2.28. The Morgan fingerprint density at radius 2 is 0.957 bits per heavy atom. The van der Waals surface area contributed by atoms with Crippen molar-refractivity contribution in [1.29, 1.82) is 0 Å². The molecule has 0 bridgehead atoms. The zero-order chi connectivity index (χ0) is 30.9. The quantitative estimate of drug-likeness (QED) is 0.200. The predicted molar refractivity (Wildman–Crippen MR) is 189 cm³/mol. The van der Waals surface area contributed by atoms with Gasteiger partial charge < -0.3 is 23.4 Å². The van der Waals surface area contributed by atoms with Crippen LogP contribution in [0.1, 0.15) is 0 Å². The Bertz CT molecular complexity index is 2650. The Morgan fingerprint density at radius 3 is 1.81 bits per heavy atom. The summed E-state index contributed by atoms with van der Waals surface area (Å²) in [4.78, 5) is 2.28. The van der Waals surface area contributed by atoms with Gasteiger partial charge in [0.05, 0.1) is 16.7 Å². The molecule has 222 valence electrons. The molecule has 0 spiro atoms. The highest BCUT2D eigenvalue weighted by atomic mass is 16.6. The third-order valence-electron chi connectivity index (χ3n) is 9.02. The third kappa shape index (κ3) is 4.03. The molecule has 47 heavy (non-hydrogen) atoms. The van der Waals surface area contributed by atoms with Crippen LogP contribution in [0.2, 0.25) is 0 Å². The maximum atomic E-state index is 6.37. The molecule has 2 aromatic heterocycles. The maximum absolute atomic E-state index is 6.37. The van der Waals surface area contributed by atoms with Crippen LogP contribution in [-0.4, -0.2) is 4.57 Å². The second-order valence-corrected chi connectivity index (χ2v) is 11.8. The molecule has 0 aliphatic carbocycles. The van der Waals surface area contributed by atoms with Crippen molar-refractivity contribution in [3.05, 3.63) is 158 Å². The molecule has 9 aromatic rings. The monoisotopic (exact) mass is 606 g/mol. The van der Waals surface area contributed by atoms with Gasteiger partial charge >= 0.3 is 0 Å². The molecule has 7 aromatic carbocycles. The fourth-order valence-electron chi connectivity index (χ4n) is 6.91. The van der Waals surface area contributed by atoms with Gasteiger partial charge in [0.2, 0.25) is 0 Å². The fraction of sp³-hybridized carbons (Fsp3) is 0. The second-order valence-electron chi connectivity index (χ2n) is 11.8. The fourth-order valence-corrected chi connectivity index (χ4v) is 6.91. The minimum atomic E-state index is 0.669. The van der Waals surface area contributed by atoms with E-state index in [0.717, 1.165) is 50.2 Å². The van der Waals surface area contributed by atoms with E-state index in [1.54, 1.807) is 0 Å². The van der Waals surface area contributed by atoms with Crippen LogP contribution in [0.25, 0.3) is 49.4 Å². The van der Waals surface area contributed by atoms with Crippen LogP contribution in [0, 0.1) is 0 Å². The van der Waals surface area contributed by atoms with Crippen molar-refractivity contribution in [2.45, 2.75) is 0 Å². The average Bonchev–Trinajstić information content (AvgIpc) is 3.66. The first-order valence-electron chi connectivity index (χ1n) is 15.7. The van der Waals surface area contributed by atoms with Crippen molar-refractivity contribution >= 4 is 60.8 Å². The van der Waals surface area contributed by atoms with Crippen LogP contribution < -0.4 is 14.4 Å². The van der Waals surface area contributed by atoms with Gasteiger partial charge in [-0.15, -0.1) is 0 Å². The minimum absolute atomic E-state index is 0.669. The molecule has 0 radical (unpaired) electrons. The van der Waals surface area contributed by atoms with Crippen LogP contribution in [-0.2, 0) is 0 Å². The number of hydrogen-bond acceptors (Lipinski definition) is 4. The van der Waals surface area contributed by atoms with E-state index in [-0.39, 0.29) is 0 Å². The zero-order valence-corrected chi connectivity index (χ0v) is 25.1. The van der Waals surface area contributed by atoms with Gasteiger partial charge in [-0.1, -0.05) is 66.7 Å². The van der Waals surface area contributed by atoms with Gasteiger partial charge in [-0.2, -0.15) is 0 Å². The van der Waals surface area contributed by atoms with Gasteiger partial charge in [0, 0.05) is 44.7 Å². The Hall–Kier alpha value is -6.46. The molecule has 5 heteroatoms. The zero-order valence-electron chi connectivity index (χ0n) is 25.1. The van der Waals surface area contributed by atoms with Crippen LogP contribution in [0.4, 0.5) is 17.1 Å². The van der Waals surface area contributed by atoms with Gasteiger partial charge in [-0.3, -0.25) is 0 Å². The van der Waals surface area contributed by atoms with E-state index in [1.165, 1.54) is 16.3 Å². The average molecular weight is 607 g/mol. The number of benzene rings is 7. The molecule has 10 rings (SSSR count). The summed E-state index contributed by atoms with van der Waals surface area (Å²) in [6.45, 7) is 0. The highest BCUT2D eigenvalue weighted by Crippen LogP contribution is 2.49. The molecular formula is C42H26N2O3. The number of nitrogens with zero attached hydrogens (tertiary/aromatic N) is 2. The highest BCUT2D eigenvalue weighted by Gasteiger charge is 2.23. The molecule has 0 unspecified atom stereocenters. The summed E-state index contributed by atoms with van der Waals surface area (Å²) in [5.74, 6) is 2.76. The molecule has 0 fully saturated rings. The normalized spacial score (nSPS) is 12.2. The van der Waals surface area contributed by atoms with E-state index < -0.39 is 0 Å². The number of furan rings is 1. The molecule has 0 N–H and O–H groups in total. The topological polar surface area (TPSA) is 39.8 Å². The van der Waals surface area contributed by atoms with Crippen LogP contribution in [0.15, 0.2) is 162 Å². The lowest BCUT2D eigenvalue weighted by atomic mass is 10.1. The van der Waals surface area contributed by atoms with Crippen molar-refractivity contribution in [2.75, 3.05) is 4.90 Å². The number of para-hydroxylation sites is 5. The lowest BCUT2D eigenvalue weighted by molar-refractivity contribution is 0.360. The van der Waals surface area contributed by atoms with Crippen LogP contribution >= 0.6 is 0 Å². The van der Waals surface area contributed by atoms with Crippen molar-refractivity contribution in [3.8, 4) is 28.7 Å². The summed E-state index contributed by atoms with van der Waals surface area (Å²) < 4.78 is 21.1. The van der Waals surface area contributed by atoms with Crippen molar-refractivity contribution in [1.82, 2.24) is 4.57 Å². The molecule has 0 atom stereocenters. The molecule has 0 saturated carbocycles. The van der Waals surface area contributed by atoms with Crippen molar-refractivity contribution in [2.24, 2.45) is 0 Å². The molecule has 3 heterocycles. The first-order valence-corrected chi connectivity index (χ1v) is 15.7. The van der Waals surface area contributed by atoms with Crippen LogP contribution in [0.3, 0.4) is 0 Å². The van der Waals surface area contributed by atoms with E-state index in [4.69, 9.17) is 13.9 Å². The number of ether oxygens (including phenoxy) is 2. The Balaban J connectivity index is 1.20. The molecule has 1 aliphatic rings. The summed E-state index contributed by atoms with van der Waals surface area (Å²) in [5.41, 5.74) is 8.16. The number of hydrogen-bond donors (Lipinski definition) is 0. The first kappa shape index (κ1) is 25.8. The lowest BCUT2D eigenvalue weighted by Crippen LogP contribution is -2.10. The number of anilines is 3. The van der Waals surface area contributed by atoms with E-state index in [9.17, 15) is 0 Å². The number of fused-ring (bicyclic) bond motifs is 8. The van der Waals surface area contributed by atoms with Crippen molar-refractivity contribution in [3.63, 3.8) is 0 Å². The SMILES string of the molecule is c1ccc(-n2c3ccccc3c3cc(N(c4ccc5c(c4)Oc4ccccc4O5)c4ccc5oc6ccccc6c5c4)ccc32)cc1. The largest absolute Gasteiger partial charge is 0.456 e. The van der Waals surface area contributed by atoms with E-state index in [1.807, 2.05) is 42.5 Å². The van der Waals surface area contributed by atoms with E-state index >= 15 is 0 Å². The standard InChI is InChI=1S/C42H26N2O3/c1-2-10-27(11-3-1)44-35-14-6-4-12-31(35)33-24-28(18-21-36(33)44)43(29-19-22-38-34(25-29)32-13-5-7-15-37(32)45-38)30-20-23-41-42(26-30)47-40-17-9-8-16-39(40)46-41/h1-26H. The molecule has 5 nitrogen and oxygen atoms in total. The second kappa shape index (κ2) is 10.0. The van der Waals surface area contributed by atoms with Gasteiger partial charge in [-0.05, 0) is 84.9 Å². The van der Waals surface area contributed by atoms with Gasteiger partial charge in [-0.25, -0.2) is 0 Å². The number of aromatic nitrogens is 1. The van der Waals surface area contributed by atoms with Crippen LogP contribution in [0.5, 0.6) is 23.0 Å². The molecular weight excluding hydrogens is 580 g/mol. The summed E-state index contributed by atoms with van der Waals surface area (Å²) in [5, 5.41) is 4.53. The third-order valence-corrected chi connectivity index (χ3v) is 9.02. The maximum Gasteiger partial charge on any atom is 0.172 e. The van der Waals surface area contributed by atoms with Gasteiger partial charge in [0.1, 0.15) is 11.2 Å².